The van der Waals surface area contributed by atoms with Crippen molar-refractivity contribution in [1.29, 1.82) is 0 Å². The molecular weight excluding hydrogens is 456 g/mol. The molecule has 0 N–H and O–H groups in total. The third kappa shape index (κ3) is 5.68. The molecule has 0 radical (unpaired) electrons. The average Bonchev–Trinajstić information content (AvgIpc) is 3.04. The second kappa shape index (κ2) is 9.74. The summed E-state index contributed by atoms with van der Waals surface area (Å²) in [5.41, 5.74) is 0.514. The van der Waals surface area contributed by atoms with Crippen molar-refractivity contribution in [1.82, 2.24) is 9.47 Å². The zero-order valence-corrected chi connectivity index (χ0v) is 19.2. The number of aromatic nitrogens is 1. The van der Waals surface area contributed by atoms with E-state index >= 15 is 0 Å². The molecule has 1 aliphatic heterocycles. The van der Waals surface area contributed by atoms with Gasteiger partial charge >= 0.3 is 0 Å². The third-order valence-electron chi connectivity index (χ3n) is 5.23. The van der Waals surface area contributed by atoms with Crippen molar-refractivity contribution in [2.45, 2.75) is 26.3 Å². The Morgan fingerprint density at radius 3 is 2.62 bits per heavy atom. The maximum Gasteiger partial charge on any atom is 0.270 e. The molecule has 3 rings (SSSR count). The van der Waals surface area contributed by atoms with E-state index in [2.05, 4.69) is 18.5 Å². The molecule has 0 spiro atoms. The van der Waals surface area contributed by atoms with Gasteiger partial charge in [0.05, 0.1) is 15.1 Å². The number of likely N-dealkylation sites (tertiary alicyclic amines) is 1. The van der Waals surface area contributed by atoms with Crippen LogP contribution < -0.4 is 4.80 Å². The van der Waals surface area contributed by atoms with Crippen LogP contribution in [0.5, 0.6) is 0 Å². The number of nitro groups is 1. The highest BCUT2D eigenvalue weighted by atomic mass is 32.2. The number of allylic oxidation sites excluding steroid dienone is 1. The minimum absolute atomic E-state index is 0.101. The van der Waals surface area contributed by atoms with Gasteiger partial charge in [0.15, 0.2) is 14.6 Å². The van der Waals surface area contributed by atoms with Crippen molar-refractivity contribution in [2.75, 3.05) is 24.6 Å². The maximum atomic E-state index is 12.4. The number of carbonyl (C=O) groups is 2. The largest absolute Gasteiger partial charge is 0.342 e. The number of benzene rings is 1. The number of fused-ring (bicyclic) bond motifs is 1. The van der Waals surface area contributed by atoms with Crippen LogP contribution in [0.15, 0.2) is 35.8 Å². The lowest BCUT2D eigenvalue weighted by molar-refractivity contribution is -0.384. The second-order valence-corrected chi connectivity index (χ2v) is 10.9. The predicted octanol–water partition coefficient (Wildman–Crippen LogP) is 1.90. The smallest absolute Gasteiger partial charge is 0.270 e. The van der Waals surface area contributed by atoms with E-state index in [1.807, 2.05) is 0 Å². The topological polar surface area (TPSA) is 132 Å². The van der Waals surface area contributed by atoms with Gasteiger partial charge in [0.25, 0.3) is 11.6 Å². The number of amides is 2. The number of carbonyl (C=O) groups excluding carboxylic acids is 2. The van der Waals surface area contributed by atoms with E-state index in [4.69, 9.17) is 0 Å². The van der Waals surface area contributed by atoms with Crippen LogP contribution in [0.2, 0.25) is 0 Å². The maximum absolute atomic E-state index is 12.4. The number of non-ortho nitro benzene ring substituents is 1. The Balaban J connectivity index is 1.80. The van der Waals surface area contributed by atoms with E-state index in [0.29, 0.717) is 29.2 Å². The standard InChI is InChI=1S/C20H24N4O6S2/c1-3-8-23-16-5-4-15(24(27)28)11-17(16)31-20(23)21-18(25)12-32(29,30)13-19(26)22-9-6-14(2)7-10-22/h3-5,11,14H,1,6-10,12-13H2,2H3. The molecule has 32 heavy (non-hydrogen) atoms. The first-order chi connectivity index (χ1) is 15.1. The normalized spacial score (nSPS) is 15.8. The van der Waals surface area contributed by atoms with Crippen molar-refractivity contribution < 1.29 is 22.9 Å². The Labute approximate surface area is 188 Å². The summed E-state index contributed by atoms with van der Waals surface area (Å²) in [5, 5.41) is 11.0. The monoisotopic (exact) mass is 480 g/mol. The molecule has 1 saturated heterocycles. The van der Waals surface area contributed by atoms with Crippen molar-refractivity contribution in [3.63, 3.8) is 0 Å². The van der Waals surface area contributed by atoms with Crippen molar-refractivity contribution in [3.05, 3.63) is 45.8 Å². The molecule has 0 bridgehead atoms. The van der Waals surface area contributed by atoms with Crippen LogP contribution in [0, 0.1) is 16.0 Å². The Hall–Kier alpha value is -2.86. The molecule has 2 amide bonds. The van der Waals surface area contributed by atoms with Crippen LogP contribution in [0.25, 0.3) is 10.2 Å². The molecule has 2 heterocycles. The molecule has 10 nitrogen and oxygen atoms in total. The summed E-state index contributed by atoms with van der Waals surface area (Å²) in [6, 6.07) is 4.27. The number of nitrogens with zero attached hydrogens (tertiary/aromatic N) is 4. The molecule has 0 saturated carbocycles. The Morgan fingerprint density at radius 2 is 2.00 bits per heavy atom. The highest BCUT2D eigenvalue weighted by Gasteiger charge is 2.26. The van der Waals surface area contributed by atoms with Crippen LogP contribution >= 0.6 is 11.3 Å². The molecule has 0 aliphatic carbocycles. The number of rotatable bonds is 7. The minimum atomic E-state index is -3.98. The van der Waals surface area contributed by atoms with E-state index in [-0.39, 0.29) is 17.0 Å². The number of nitro benzene ring substituents is 1. The Kier molecular flexibility index (Phi) is 7.24. The molecule has 12 heteroatoms. The van der Waals surface area contributed by atoms with Gasteiger partial charge in [0.1, 0.15) is 11.5 Å². The van der Waals surface area contributed by atoms with E-state index in [1.165, 1.54) is 17.0 Å². The Morgan fingerprint density at radius 1 is 1.31 bits per heavy atom. The summed E-state index contributed by atoms with van der Waals surface area (Å²) in [4.78, 5) is 40.9. The fourth-order valence-electron chi connectivity index (χ4n) is 3.48. The van der Waals surface area contributed by atoms with Gasteiger partial charge in [-0.25, -0.2) is 8.42 Å². The van der Waals surface area contributed by atoms with Gasteiger partial charge in [-0.15, -0.1) is 6.58 Å². The third-order valence-corrected chi connectivity index (χ3v) is 7.65. The lowest BCUT2D eigenvalue weighted by Crippen LogP contribution is -2.41. The van der Waals surface area contributed by atoms with Crippen LogP contribution in [0.3, 0.4) is 0 Å². The number of sulfone groups is 1. The minimum Gasteiger partial charge on any atom is -0.342 e. The van der Waals surface area contributed by atoms with Crippen LogP contribution in [0.4, 0.5) is 5.69 Å². The highest BCUT2D eigenvalue weighted by Crippen LogP contribution is 2.23. The first kappa shape index (κ1) is 23.8. The molecule has 172 valence electrons. The fourth-order valence-corrected chi connectivity index (χ4v) is 5.67. The highest BCUT2D eigenvalue weighted by molar-refractivity contribution is 7.92. The Bertz CT molecular complexity index is 1240. The van der Waals surface area contributed by atoms with Gasteiger partial charge in [-0.05, 0) is 24.8 Å². The van der Waals surface area contributed by atoms with Gasteiger partial charge in [-0.3, -0.25) is 19.7 Å². The first-order valence-corrected chi connectivity index (χ1v) is 12.7. The van der Waals surface area contributed by atoms with Gasteiger partial charge in [-0.1, -0.05) is 24.3 Å². The summed E-state index contributed by atoms with van der Waals surface area (Å²) in [6.07, 6.45) is 3.23. The van der Waals surface area contributed by atoms with E-state index in [9.17, 15) is 28.1 Å². The molecule has 1 aromatic heterocycles. The summed E-state index contributed by atoms with van der Waals surface area (Å²) < 4.78 is 27.0. The number of hydrogen-bond donors (Lipinski definition) is 0. The summed E-state index contributed by atoms with van der Waals surface area (Å²) in [6.45, 7) is 7.06. The van der Waals surface area contributed by atoms with Crippen molar-refractivity contribution in [3.8, 4) is 0 Å². The zero-order valence-electron chi connectivity index (χ0n) is 17.6. The van der Waals surface area contributed by atoms with E-state index < -0.39 is 38.1 Å². The van der Waals surface area contributed by atoms with Crippen LogP contribution in [-0.4, -0.2) is 59.2 Å². The number of piperidine rings is 1. The lowest BCUT2D eigenvalue weighted by atomic mass is 9.99. The van der Waals surface area contributed by atoms with E-state index in [1.54, 1.807) is 16.7 Å². The van der Waals surface area contributed by atoms with Crippen molar-refractivity contribution in [2.24, 2.45) is 10.9 Å². The van der Waals surface area contributed by atoms with Gasteiger partial charge in [-0.2, -0.15) is 4.99 Å². The zero-order chi connectivity index (χ0) is 23.5. The molecule has 1 fully saturated rings. The molecule has 0 unspecified atom stereocenters. The van der Waals surface area contributed by atoms with Crippen LogP contribution in [0.1, 0.15) is 19.8 Å². The fraction of sp³-hybridized carbons (Fsp3) is 0.450. The lowest BCUT2D eigenvalue weighted by Gasteiger charge is -2.30. The quantitative estimate of drug-likeness (QED) is 0.338. The average molecular weight is 481 g/mol. The first-order valence-electron chi connectivity index (χ1n) is 10.0. The summed E-state index contributed by atoms with van der Waals surface area (Å²) >= 11 is 1.04. The van der Waals surface area contributed by atoms with Gasteiger partial charge in [0.2, 0.25) is 5.91 Å². The predicted molar refractivity (Wildman–Crippen MR) is 121 cm³/mol. The molecule has 1 aromatic carbocycles. The van der Waals surface area contributed by atoms with E-state index in [0.717, 1.165) is 24.2 Å². The van der Waals surface area contributed by atoms with Crippen LogP contribution in [-0.2, 0) is 26.0 Å². The molecule has 1 aliphatic rings. The molecule has 0 atom stereocenters. The second-order valence-electron chi connectivity index (χ2n) is 7.79. The molecular formula is C20H24N4O6S2. The van der Waals surface area contributed by atoms with Gasteiger partial charge in [0, 0.05) is 31.8 Å². The summed E-state index contributed by atoms with van der Waals surface area (Å²) in [5.74, 6) is -2.51. The van der Waals surface area contributed by atoms with Crippen molar-refractivity contribution >= 4 is 48.9 Å². The van der Waals surface area contributed by atoms with Gasteiger partial charge < -0.3 is 9.47 Å². The summed E-state index contributed by atoms with van der Waals surface area (Å²) in [7, 11) is -3.98. The SMILES string of the molecule is C=CCn1c(=NC(=O)CS(=O)(=O)CC(=O)N2CCC(C)CC2)sc2cc([N+](=O)[O-])ccc21. The molecule has 2 aromatic rings. The number of thiazole rings is 1. The number of hydrogen-bond acceptors (Lipinski definition) is 7.